The highest BCUT2D eigenvalue weighted by Gasteiger charge is 2.58. The van der Waals surface area contributed by atoms with Crippen molar-refractivity contribution in [3.05, 3.63) is 35.4 Å². The number of rotatable bonds is 2. The molecule has 2 nitrogen and oxygen atoms in total. The number of hydrogen-bond acceptors (Lipinski definition) is 1. The van der Waals surface area contributed by atoms with E-state index in [-0.39, 0.29) is 12.0 Å². The second-order valence-corrected chi connectivity index (χ2v) is 7.28. The zero-order valence-electron chi connectivity index (χ0n) is 12.5. The van der Waals surface area contributed by atoms with Gasteiger partial charge in [-0.05, 0) is 48.1 Å². The zero-order chi connectivity index (χ0) is 14.6. The van der Waals surface area contributed by atoms with Gasteiger partial charge in [0.15, 0.2) is 0 Å². The topological polar surface area (TPSA) is 20.3 Å². The molecule has 1 aromatic rings. The molecule has 1 saturated heterocycles. The molecule has 5 atom stereocenters. The van der Waals surface area contributed by atoms with E-state index in [1.165, 1.54) is 17.5 Å². The molecule has 3 aliphatic rings. The fraction of sp³-hybridized carbons (Fsp3) is 0.611. The molecule has 3 heteroatoms. The number of hydrogen-bond donors (Lipinski definition) is 0. The summed E-state index contributed by atoms with van der Waals surface area (Å²) in [7, 11) is 0. The molecule has 1 aliphatic heterocycles. The summed E-state index contributed by atoms with van der Waals surface area (Å²) in [6, 6.07) is 8.93. The van der Waals surface area contributed by atoms with Gasteiger partial charge in [-0.1, -0.05) is 31.2 Å². The van der Waals surface area contributed by atoms with Crippen molar-refractivity contribution in [2.45, 2.75) is 38.1 Å². The number of alkyl halides is 1. The lowest BCUT2D eigenvalue weighted by Gasteiger charge is -2.25. The molecule has 2 aliphatic carbocycles. The molecule has 0 aromatic heterocycles. The van der Waals surface area contributed by atoms with E-state index in [4.69, 9.17) is 11.6 Å². The molecule has 0 bridgehead atoms. The number of carbonyl (C=O) groups excluding carboxylic acids is 1. The Labute approximate surface area is 131 Å². The van der Waals surface area contributed by atoms with Crippen molar-refractivity contribution >= 4 is 17.5 Å². The van der Waals surface area contributed by atoms with Gasteiger partial charge in [-0.25, -0.2) is 0 Å². The van der Waals surface area contributed by atoms with Crippen LogP contribution in [0.15, 0.2) is 24.3 Å². The molecular weight excluding hydrogens is 282 g/mol. The van der Waals surface area contributed by atoms with Crippen molar-refractivity contribution in [2.24, 2.45) is 17.8 Å². The van der Waals surface area contributed by atoms with Gasteiger partial charge in [0.05, 0.1) is 0 Å². The molecule has 1 aromatic carbocycles. The first-order valence-electron chi connectivity index (χ1n) is 8.16. The highest BCUT2D eigenvalue weighted by atomic mass is 35.5. The Hall–Kier alpha value is -1.02. The van der Waals surface area contributed by atoms with E-state index >= 15 is 0 Å². The van der Waals surface area contributed by atoms with Crippen molar-refractivity contribution in [2.75, 3.05) is 12.4 Å². The van der Waals surface area contributed by atoms with Gasteiger partial charge in [0.1, 0.15) is 0 Å². The Morgan fingerprint density at radius 3 is 2.95 bits per heavy atom. The number of carbonyl (C=O) groups is 1. The zero-order valence-corrected chi connectivity index (χ0v) is 13.2. The van der Waals surface area contributed by atoms with Gasteiger partial charge in [0.2, 0.25) is 5.91 Å². The Balaban J connectivity index is 1.56. The Bertz CT molecular complexity index is 572. The van der Waals surface area contributed by atoms with Crippen LogP contribution < -0.4 is 0 Å². The van der Waals surface area contributed by atoms with Crippen LogP contribution in [0.3, 0.4) is 0 Å². The van der Waals surface area contributed by atoms with E-state index in [2.05, 4.69) is 36.1 Å². The van der Waals surface area contributed by atoms with E-state index in [1.54, 1.807) is 0 Å². The molecule has 0 N–H and O–H groups in total. The molecule has 5 unspecified atom stereocenters. The Kier molecular flexibility index (Phi) is 3.25. The maximum Gasteiger partial charge on any atom is 0.226 e. The number of amides is 1. The van der Waals surface area contributed by atoms with Crippen molar-refractivity contribution in [3.63, 3.8) is 0 Å². The van der Waals surface area contributed by atoms with Crippen molar-refractivity contribution in [3.8, 4) is 0 Å². The third-order valence-corrected chi connectivity index (χ3v) is 6.25. The second-order valence-electron chi connectivity index (χ2n) is 6.97. The van der Waals surface area contributed by atoms with Gasteiger partial charge in [-0.2, -0.15) is 0 Å². The van der Waals surface area contributed by atoms with Crippen LogP contribution >= 0.6 is 11.6 Å². The number of halogens is 1. The lowest BCUT2D eigenvalue weighted by molar-refractivity contribution is -0.133. The fourth-order valence-corrected chi connectivity index (χ4v) is 5.08. The van der Waals surface area contributed by atoms with Crippen LogP contribution in [-0.2, 0) is 11.2 Å². The van der Waals surface area contributed by atoms with Gasteiger partial charge >= 0.3 is 0 Å². The quantitative estimate of drug-likeness (QED) is 0.767. The summed E-state index contributed by atoms with van der Waals surface area (Å²) in [6.07, 6.45) is 3.41. The Morgan fingerprint density at radius 2 is 2.14 bits per heavy atom. The first-order valence-corrected chi connectivity index (χ1v) is 8.70. The number of aryl methyl sites for hydroxylation is 1. The standard InChI is InChI=1S/C18H22ClNO/c1-11-8-9-20(15(11)10-19)18(21)17-14-7-6-12-4-2-3-5-13(12)16(14)17/h2-5,11,14-17H,6-10H2,1H3. The SMILES string of the molecule is CC1CCN(C(=O)C2C3CCc4ccccc4C32)C1CCl. The molecule has 1 amide bonds. The maximum atomic E-state index is 13.0. The normalized spacial score (nSPS) is 37.0. The number of nitrogens with zero attached hydrogens (tertiary/aromatic N) is 1. The van der Waals surface area contributed by atoms with Gasteiger partial charge in [-0.3, -0.25) is 4.79 Å². The average molecular weight is 304 g/mol. The lowest BCUT2D eigenvalue weighted by Crippen LogP contribution is -2.40. The summed E-state index contributed by atoms with van der Waals surface area (Å²) < 4.78 is 0. The van der Waals surface area contributed by atoms with Gasteiger partial charge < -0.3 is 4.90 Å². The molecule has 1 heterocycles. The summed E-state index contributed by atoms with van der Waals surface area (Å²) in [5.74, 6) is 2.78. The minimum absolute atomic E-state index is 0.227. The van der Waals surface area contributed by atoms with E-state index in [0.29, 0.717) is 29.5 Å². The van der Waals surface area contributed by atoms with Gasteiger partial charge in [0.25, 0.3) is 0 Å². The number of likely N-dealkylation sites (tertiary alicyclic amines) is 1. The van der Waals surface area contributed by atoms with Crippen LogP contribution in [-0.4, -0.2) is 29.3 Å². The third-order valence-electron chi connectivity index (χ3n) is 5.94. The minimum Gasteiger partial charge on any atom is -0.338 e. The molecule has 2 fully saturated rings. The predicted octanol–water partition coefficient (Wildman–Crippen LogP) is 3.44. The van der Waals surface area contributed by atoms with Crippen LogP contribution in [0.1, 0.15) is 36.8 Å². The molecule has 1 saturated carbocycles. The molecule has 112 valence electrons. The van der Waals surface area contributed by atoms with Crippen molar-refractivity contribution in [1.82, 2.24) is 4.90 Å². The largest absolute Gasteiger partial charge is 0.338 e. The maximum absolute atomic E-state index is 13.0. The van der Waals surface area contributed by atoms with Crippen molar-refractivity contribution < 1.29 is 4.79 Å². The smallest absolute Gasteiger partial charge is 0.226 e. The van der Waals surface area contributed by atoms with Crippen LogP contribution in [0, 0.1) is 17.8 Å². The second kappa shape index (κ2) is 5.01. The third kappa shape index (κ3) is 2.03. The Morgan fingerprint density at radius 1 is 1.33 bits per heavy atom. The van der Waals surface area contributed by atoms with E-state index < -0.39 is 0 Å². The summed E-state index contributed by atoms with van der Waals surface area (Å²) in [5, 5.41) is 0. The monoisotopic (exact) mass is 303 g/mol. The van der Waals surface area contributed by atoms with Crippen molar-refractivity contribution in [1.29, 1.82) is 0 Å². The number of fused-ring (bicyclic) bond motifs is 3. The molecule has 0 spiro atoms. The van der Waals surface area contributed by atoms with E-state index in [9.17, 15) is 4.79 Å². The molecule has 0 radical (unpaired) electrons. The van der Waals surface area contributed by atoms with Crippen LogP contribution in [0.2, 0.25) is 0 Å². The van der Waals surface area contributed by atoms with E-state index in [0.717, 1.165) is 19.4 Å². The van der Waals surface area contributed by atoms with Crippen LogP contribution in [0.5, 0.6) is 0 Å². The first-order chi connectivity index (χ1) is 10.2. The summed E-state index contributed by atoms with van der Waals surface area (Å²) >= 11 is 6.11. The van der Waals surface area contributed by atoms with Crippen LogP contribution in [0.25, 0.3) is 0 Å². The minimum atomic E-state index is 0.227. The van der Waals surface area contributed by atoms with E-state index in [1.807, 2.05) is 0 Å². The predicted molar refractivity (Wildman–Crippen MR) is 84.5 cm³/mol. The summed E-state index contributed by atoms with van der Waals surface area (Å²) in [4.78, 5) is 15.1. The summed E-state index contributed by atoms with van der Waals surface area (Å²) in [6.45, 7) is 3.12. The number of benzene rings is 1. The van der Waals surface area contributed by atoms with Crippen LogP contribution in [0.4, 0.5) is 0 Å². The average Bonchev–Trinajstić information content (AvgIpc) is 3.14. The fourth-order valence-electron chi connectivity index (χ4n) is 4.61. The molecular formula is C18H22ClNO. The highest BCUT2D eigenvalue weighted by molar-refractivity contribution is 6.18. The highest BCUT2D eigenvalue weighted by Crippen LogP contribution is 2.60. The van der Waals surface area contributed by atoms with Gasteiger partial charge in [-0.15, -0.1) is 11.6 Å². The van der Waals surface area contributed by atoms with Gasteiger partial charge in [0, 0.05) is 24.4 Å². The first kappa shape index (κ1) is 13.6. The molecule has 21 heavy (non-hydrogen) atoms. The molecule has 4 rings (SSSR count). The lowest BCUT2D eigenvalue weighted by atomic mass is 9.92. The summed E-state index contributed by atoms with van der Waals surface area (Å²) in [5.41, 5.74) is 2.89.